The van der Waals surface area contributed by atoms with Crippen LogP contribution in [0, 0.1) is 11.8 Å². The van der Waals surface area contributed by atoms with E-state index in [4.69, 9.17) is 4.74 Å². The van der Waals surface area contributed by atoms with Gasteiger partial charge in [0.15, 0.2) is 5.69 Å². The summed E-state index contributed by atoms with van der Waals surface area (Å²) in [4.78, 5) is 15.8. The Balaban J connectivity index is 1.90. The molecule has 1 heterocycles. The van der Waals surface area contributed by atoms with E-state index in [2.05, 4.69) is 11.9 Å². The molecule has 21 heavy (non-hydrogen) atoms. The van der Waals surface area contributed by atoms with Gasteiger partial charge in [0.25, 0.3) is 0 Å². The molecule has 2 atom stereocenters. The zero-order chi connectivity index (χ0) is 15.2. The van der Waals surface area contributed by atoms with Crippen molar-refractivity contribution in [3.63, 3.8) is 0 Å². The van der Waals surface area contributed by atoms with Crippen LogP contribution in [-0.4, -0.2) is 22.7 Å². The lowest BCUT2D eigenvalue weighted by Crippen LogP contribution is -2.18. The van der Waals surface area contributed by atoms with Crippen LogP contribution in [0.4, 0.5) is 0 Å². The molecule has 1 fully saturated rings. The first kappa shape index (κ1) is 16.4. The lowest BCUT2D eigenvalue weighted by Gasteiger charge is -2.28. The molecular weight excluding hydrogens is 286 g/mol. The number of carbonyl (C=O) groups is 1. The fourth-order valence-electron chi connectivity index (χ4n) is 3.09. The molecule has 0 aliphatic heterocycles. The molecule has 1 aliphatic rings. The van der Waals surface area contributed by atoms with Gasteiger partial charge in [-0.15, -0.1) is 11.3 Å². The van der Waals surface area contributed by atoms with E-state index < -0.39 is 12.1 Å². The van der Waals surface area contributed by atoms with Crippen LogP contribution in [-0.2, 0) is 4.74 Å². The van der Waals surface area contributed by atoms with Gasteiger partial charge < -0.3 is 9.84 Å². The van der Waals surface area contributed by atoms with Gasteiger partial charge >= 0.3 is 5.97 Å². The molecule has 0 unspecified atom stereocenters. The van der Waals surface area contributed by atoms with E-state index in [0.29, 0.717) is 23.2 Å². The van der Waals surface area contributed by atoms with Crippen molar-refractivity contribution in [1.82, 2.24) is 4.98 Å². The molecule has 0 saturated heterocycles. The summed E-state index contributed by atoms with van der Waals surface area (Å²) >= 11 is 1.34. The molecule has 2 rings (SSSR count). The molecule has 0 aromatic carbocycles. The van der Waals surface area contributed by atoms with E-state index in [1.54, 1.807) is 12.3 Å². The van der Waals surface area contributed by atoms with E-state index in [-0.39, 0.29) is 0 Å². The molecule has 118 valence electrons. The summed E-state index contributed by atoms with van der Waals surface area (Å²) < 4.78 is 4.92. The first-order chi connectivity index (χ1) is 10.1. The lowest BCUT2D eigenvalue weighted by molar-refractivity contribution is 0.0519. The molecule has 1 saturated carbocycles. The highest BCUT2D eigenvalue weighted by atomic mass is 32.1. The van der Waals surface area contributed by atoms with Crippen molar-refractivity contribution in [2.45, 2.75) is 58.5 Å². The monoisotopic (exact) mass is 311 g/mol. The van der Waals surface area contributed by atoms with Crippen LogP contribution in [0.3, 0.4) is 0 Å². The highest BCUT2D eigenvalue weighted by Gasteiger charge is 2.24. The Hall–Kier alpha value is -0.940. The maximum Gasteiger partial charge on any atom is 0.357 e. The average molecular weight is 311 g/mol. The highest BCUT2D eigenvalue weighted by molar-refractivity contribution is 7.09. The maximum absolute atomic E-state index is 11.6. The SMILES string of the molecule is CCOC(=O)c1csc([C@H](O)C[C@@H](C)C2CCCCC2)n1. The molecule has 1 N–H and O–H groups in total. The second kappa shape index (κ2) is 7.90. The Bertz CT molecular complexity index is 454. The number of ether oxygens (including phenoxy) is 1. The van der Waals surface area contributed by atoms with Gasteiger partial charge in [0.1, 0.15) is 11.1 Å². The van der Waals surface area contributed by atoms with Gasteiger partial charge in [0.2, 0.25) is 0 Å². The van der Waals surface area contributed by atoms with Gasteiger partial charge in [-0.25, -0.2) is 9.78 Å². The van der Waals surface area contributed by atoms with E-state index in [0.717, 1.165) is 12.3 Å². The van der Waals surface area contributed by atoms with Gasteiger partial charge in [0, 0.05) is 5.38 Å². The van der Waals surface area contributed by atoms with Crippen LogP contribution in [0.2, 0.25) is 0 Å². The first-order valence-electron chi connectivity index (χ1n) is 7.92. The molecule has 1 aromatic rings. The number of nitrogens with zero attached hydrogens (tertiary/aromatic N) is 1. The fraction of sp³-hybridized carbons (Fsp3) is 0.750. The molecule has 1 aliphatic carbocycles. The predicted molar refractivity (Wildman–Crippen MR) is 83.4 cm³/mol. The topological polar surface area (TPSA) is 59.4 Å². The number of carbonyl (C=O) groups excluding carboxylic acids is 1. The van der Waals surface area contributed by atoms with Crippen molar-refractivity contribution in [2.24, 2.45) is 11.8 Å². The minimum atomic E-state index is -0.574. The third kappa shape index (κ3) is 4.51. The number of thiazole rings is 1. The Morgan fingerprint density at radius 1 is 1.48 bits per heavy atom. The van der Waals surface area contributed by atoms with Gasteiger partial charge in [-0.05, 0) is 25.2 Å². The Morgan fingerprint density at radius 3 is 2.86 bits per heavy atom. The second-order valence-electron chi connectivity index (χ2n) is 5.92. The molecule has 0 spiro atoms. The van der Waals surface area contributed by atoms with Crippen LogP contribution < -0.4 is 0 Å². The molecule has 0 bridgehead atoms. The Labute approximate surface area is 130 Å². The Kier molecular flexibility index (Phi) is 6.18. The van der Waals surface area contributed by atoms with Gasteiger partial charge in [-0.2, -0.15) is 0 Å². The first-order valence-corrected chi connectivity index (χ1v) is 8.80. The van der Waals surface area contributed by atoms with E-state index in [9.17, 15) is 9.90 Å². The third-order valence-electron chi connectivity index (χ3n) is 4.34. The molecule has 0 amide bonds. The van der Waals surface area contributed by atoms with E-state index in [1.165, 1.54) is 43.4 Å². The van der Waals surface area contributed by atoms with Gasteiger partial charge in [0.05, 0.1) is 6.61 Å². The molecule has 5 heteroatoms. The van der Waals surface area contributed by atoms with Gasteiger partial charge in [-0.3, -0.25) is 0 Å². The highest BCUT2D eigenvalue weighted by Crippen LogP contribution is 2.35. The van der Waals surface area contributed by atoms with E-state index in [1.807, 2.05) is 0 Å². The maximum atomic E-state index is 11.6. The number of hydrogen-bond donors (Lipinski definition) is 1. The summed E-state index contributed by atoms with van der Waals surface area (Å²) in [6.07, 6.45) is 6.68. The minimum Gasteiger partial charge on any atom is -0.461 e. The molecule has 4 nitrogen and oxygen atoms in total. The fourth-order valence-corrected chi connectivity index (χ4v) is 3.87. The van der Waals surface area contributed by atoms with Gasteiger partial charge in [-0.1, -0.05) is 39.0 Å². The van der Waals surface area contributed by atoms with Crippen LogP contribution in [0.15, 0.2) is 5.38 Å². The van der Waals surface area contributed by atoms with Crippen LogP contribution in [0.5, 0.6) is 0 Å². The zero-order valence-corrected chi connectivity index (χ0v) is 13.7. The number of aromatic nitrogens is 1. The Morgan fingerprint density at radius 2 is 2.19 bits per heavy atom. The lowest BCUT2D eigenvalue weighted by atomic mass is 9.79. The number of hydrogen-bond acceptors (Lipinski definition) is 5. The summed E-state index contributed by atoms with van der Waals surface area (Å²) in [5.41, 5.74) is 0.307. The van der Waals surface area contributed by atoms with Crippen LogP contribution >= 0.6 is 11.3 Å². The van der Waals surface area contributed by atoms with Crippen LogP contribution in [0.25, 0.3) is 0 Å². The minimum absolute atomic E-state index is 0.307. The van der Waals surface area contributed by atoms with Crippen molar-refractivity contribution in [1.29, 1.82) is 0 Å². The summed E-state index contributed by atoms with van der Waals surface area (Å²) in [6, 6.07) is 0. The van der Waals surface area contributed by atoms with Crippen molar-refractivity contribution < 1.29 is 14.6 Å². The van der Waals surface area contributed by atoms with Crippen molar-refractivity contribution in [2.75, 3.05) is 6.61 Å². The molecule has 0 radical (unpaired) electrons. The number of aliphatic hydroxyl groups is 1. The summed E-state index contributed by atoms with van der Waals surface area (Å²) in [6.45, 7) is 4.33. The molecular formula is C16H25NO3S. The quantitative estimate of drug-likeness (QED) is 0.808. The normalized spacial score (nSPS) is 19.2. The zero-order valence-electron chi connectivity index (χ0n) is 12.9. The predicted octanol–water partition coefficient (Wildman–Crippen LogP) is 3.96. The number of rotatable bonds is 6. The average Bonchev–Trinajstić information content (AvgIpc) is 2.98. The van der Waals surface area contributed by atoms with Crippen molar-refractivity contribution in [3.8, 4) is 0 Å². The summed E-state index contributed by atoms with van der Waals surface area (Å²) in [7, 11) is 0. The number of aliphatic hydroxyl groups excluding tert-OH is 1. The van der Waals surface area contributed by atoms with Crippen LogP contribution in [0.1, 0.15) is 74.0 Å². The summed E-state index contributed by atoms with van der Waals surface area (Å²) in [5, 5.41) is 12.6. The smallest absolute Gasteiger partial charge is 0.357 e. The van der Waals surface area contributed by atoms with E-state index >= 15 is 0 Å². The summed E-state index contributed by atoms with van der Waals surface area (Å²) in [5.74, 6) is 0.806. The van der Waals surface area contributed by atoms with Crippen molar-refractivity contribution >= 4 is 17.3 Å². The number of esters is 1. The largest absolute Gasteiger partial charge is 0.461 e. The molecule has 1 aromatic heterocycles. The van der Waals surface area contributed by atoms with Crippen molar-refractivity contribution in [3.05, 3.63) is 16.1 Å². The second-order valence-corrected chi connectivity index (χ2v) is 6.81. The third-order valence-corrected chi connectivity index (χ3v) is 5.29. The standard InChI is InChI=1S/C16H25NO3S/c1-3-20-16(19)13-10-21-15(17-13)14(18)9-11(2)12-7-5-4-6-8-12/h10-12,14,18H,3-9H2,1-2H3/t11-,14-/m1/s1.